The molecule has 2 aromatic heterocycles. The standard InChI is InChI=1S/C22H23F3N4O3/c1-11-8-13(22(23,24)25)9-17(31)19(11)16-6-5-15-20(12(2)30)29(27-21(15)26-16)14-4-7-18(32)28(3)10-14/h5-6,8-9,12,14,30-31H,4,7,10H2,1-3H3/t12-,14-/m0/s1. The average molecular weight is 448 g/mol. The van der Waals surface area contributed by atoms with Crippen LogP contribution in [0, 0.1) is 6.92 Å². The molecule has 10 heteroatoms. The van der Waals surface area contributed by atoms with E-state index in [1.165, 1.54) is 6.92 Å². The first-order valence-electron chi connectivity index (χ1n) is 10.2. The third-order valence-electron chi connectivity index (χ3n) is 5.84. The highest BCUT2D eigenvalue weighted by atomic mass is 19.4. The van der Waals surface area contributed by atoms with Gasteiger partial charge in [0, 0.05) is 31.0 Å². The molecule has 32 heavy (non-hydrogen) atoms. The number of carbonyl (C=O) groups is 1. The summed E-state index contributed by atoms with van der Waals surface area (Å²) in [5.74, 6) is -0.475. The maximum absolute atomic E-state index is 13.1. The van der Waals surface area contributed by atoms with Crippen LogP contribution in [-0.2, 0) is 11.0 Å². The summed E-state index contributed by atoms with van der Waals surface area (Å²) in [5, 5.41) is 25.9. The van der Waals surface area contributed by atoms with E-state index in [2.05, 4.69) is 10.1 Å². The van der Waals surface area contributed by atoms with E-state index in [1.807, 2.05) is 0 Å². The van der Waals surface area contributed by atoms with Crippen LogP contribution in [0.15, 0.2) is 24.3 Å². The number of benzene rings is 1. The Kier molecular flexibility index (Phi) is 5.36. The van der Waals surface area contributed by atoms with E-state index >= 15 is 0 Å². The molecular formula is C22H23F3N4O3. The van der Waals surface area contributed by atoms with Gasteiger partial charge in [0.15, 0.2) is 5.65 Å². The van der Waals surface area contributed by atoms with Gasteiger partial charge in [-0.2, -0.15) is 18.3 Å². The highest BCUT2D eigenvalue weighted by Gasteiger charge is 2.33. The summed E-state index contributed by atoms with van der Waals surface area (Å²) >= 11 is 0. The predicted octanol–water partition coefficient (Wildman–Crippen LogP) is 3.98. The Labute approximate surface area is 182 Å². The monoisotopic (exact) mass is 448 g/mol. The van der Waals surface area contributed by atoms with Crippen molar-refractivity contribution in [1.29, 1.82) is 0 Å². The Morgan fingerprint density at radius 1 is 1.25 bits per heavy atom. The number of nitrogens with zero attached hydrogens (tertiary/aromatic N) is 4. The van der Waals surface area contributed by atoms with Crippen molar-refractivity contribution < 1.29 is 28.2 Å². The molecule has 7 nitrogen and oxygen atoms in total. The molecule has 0 radical (unpaired) electrons. The number of amides is 1. The van der Waals surface area contributed by atoms with Gasteiger partial charge in [0.2, 0.25) is 5.91 Å². The number of likely N-dealkylation sites (N-methyl/N-ethyl adjacent to an activating group) is 1. The quantitative estimate of drug-likeness (QED) is 0.633. The molecule has 1 aliphatic rings. The van der Waals surface area contributed by atoms with Crippen LogP contribution in [0.4, 0.5) is 13.2 Å². The molecule has 1 amide bonds. The minimum atomic E-state index is -4.57. The van der Waals surface area contributed by atoms with E-state index in [-0.39, 0.29) is 28.8 Å². The molecule has 3 aromatic rings. The molecule has 0 spiro atoms. The smallest absolute Gasteiger partial charge is 0.416 e. The number of likely N-dealkylation sites (tertiary alicyclic amines) is 1. The second-order valence-corrected chi connectivity index (χ2v) is 8.23. The lowest BCUT2D eigenvalue weighted by Crippen LogP contribution is -2.38. The molecule has 0 unspecified atom stereocenters. The van der Waals surface area contributed by atoms with Crippen LogP contribution < -0.4 is 0 Å². The highest BCUT2D eigenvalue weighted by Crippen LogP contribution is 2.39. The van der Waals surface area contributed by atoms with Crippen LogP contribution >= 0.6 is 0 Å². The van der Waals surface area contributed by atoms with Crippen molar-refractivity contribution in [3.8, 4) is 17.0 Å². The average Bonchev–Trinajstić information content (AvgIpc) is 3.08. The third kappa shape index (κ3) is 3.79. The number of aliphatic hydroxyl groups is 1. The predicted molar refractivity (Wildman–Crippen MR) is 111 cm³/mol. The second kappa shape index (κ2) is 7.77. The minimum Gasteiger partial charge on any atom is -0.507 e. The zero-order chi connectivity index (χ0) is 23.4. The highest BCUT2D eigenvalue weighted by molar-refractivity contribution is 5.83. The number of alkyl halides is 3. The fourth-order valence-electron chi connectivity index (χ4n) is 4.29. The normalized spacial score (nSPS) is 18.4. The van der Waals surface area contributed by atoms with Gasteiger partial charge in [0.1, 0.15) is 5.75 Å². The van der Waals surface area contributed by atoms with Gasteiger partial charge in [-0.15, -0.1) is 0 Å². The number of phenols is 1. The zero-order valence-corrected chi connectivity index (χ0v) is 17.8. The number of halogens is 3. The van der Waals surface area contributed by atoms with Crippen LogP contribution in [0.5, 0.6) is 5.75 Å². The molecule has 4 rings (SSSR count). The first-order valence-corrected chi connectivity index (χ1v) is 10.2. The lowest BCUT2D eigenvalue weighted by atomic mass is 10.00. The number of aliphatic hydroxyl groups excluding tert-OH is 1. The molecule has 1 saturated heterocycles. The Hall–Kier alpha value is -3.14. The van der Waals surface area contributed by atoms with Gasteiger partial charge in [0.05, 0.1) is 29.1 Å². The maximum Gasteiger partial charge on any atom is 0.416 e. The van der Waals surface area contributed by atoms with Gasteiger partial charge in [-0.25, -0.2) is 4.98 Å². The maximum atomic E-state index is 13.1. The summed E-state index contributed by atoms with van der Waals surface area (Å²) in [4.78, 5) is 18.0. The molecule has 1 aliphatic heterocycles. The zero-order valence-electron chi connectivity index (χ0n) is 17.8. The van der Waals surface area contributed by atoms with Crippen molar-refractivity contribution in [2.75, 3.05) is 13.6 Å². The van der Waals surface area contributed by atoms with E-state index in [9.17, 15) is 28.2 Å². The van der Waals surface area contributed by atoms with Crippen molar-refractivity contribution in [1.82, 2.24) is 19.7 Å². The van der Waals surface area contributed by atoms with E-state index in [0.29, 0.717) is 42.2 Å². The molecule has 170 valence electrons. The number of aromatic nitrogens is 3. The fraction of sp³-hybridized carbons (Fsp3) is 0.409. The Balaban J connectivity index is 1.81. The number of carbonyl (C=O) groups excluding carboxylic acids is 1. The lowest BCUT2D eigenvalue weighted by molar-refractivity contribution is -0.137. The number of fused-ring (bicyclic) bond motifs is 1. The van der Waals surface area contributed by atoms with E-state index < -0.39 is 23.6 Å². The van der Waals surface area contributed by atoms with Crippen LogP contribution in [-0.4, -0.2) is 49.4 Å². The van der Waals surface area contributed by atoms with Gasteiger partial charge >= 0.3 is 6.18 Å². The van der Waals surface area contributed by atoms with Crippen LogP contribution in [0.2, 0.25) is 0 Å². The molecule has 0 aliphatic carbocycles. The van der Waals surface area contributed by atoms with Crippen molar-refractivity contribution in [2.45, 2.75) is 45.0 Å². The van der Waals surface area contributed by atoms with Gasteiger partial charge in [-0.05, 0) is 50.1 Å². The van der Waals surface area contributed by atoms with Gasteiger partial charge in [0.25, 0.3) is 0 Å². The summed E-state index contributed by atoms with van der Waals surface area (Å²) in [6.07, 6.45) is -4.48. The third-order valence-corrected chi connectivity index (χ3v) is 5.84. The molecular weight excluding hydrogens is 425 g/mol. The fourth-order valence-corrected chi connectivity index (χ4v) is 4.29. The topological polar surface area (TPSA) is 91.5 Å². The summed E-state index contributed by atoms with van der Waals surface area (Å²) in [6, 6.07) is 4.79. The number of aromatic hydroxyl groups is 1. The van der Waals surface area contributed by atoms with Gasteiger partial charge < -0.3 is 15.1 Å². The Morgan fingerprint density at radius 3 is 2.56 bits per heavy atom. The molecule has 2 N–H and O–H groups in total. The minimum absolute atomic E-state index is 0.0465. The summed E-state index contributed by atoms with van der Waals surface area (Å²) < 4.78 is 40.9. The van der Waals surface area contributed by atoms with E-state index in [1.54, 1.807) is 35.7 Å². The van der Waals surface area contributed by atoms with Gasteiger partial charge in [-0.1, -0.05) is 0 Å². The summed E-state index contributed by atoms with van der Waals surface area (Å²) in [5.41, 5.74) is 0.618. The number of rotatable bonds is 3. The lowest BCUT2D eigenvalue weighted by Gasteiger charge is -2.31. The first-order chi connectivity index (χ1) is 15.0. The van der Waals surface area contributed by atoms with E-state index in [0.717, 1.165) is 6.07 Å². The molecule has 2 atom stereocenters. The van der Waals surface area contributed by atoms with E-state index in [4.69, 9.17) is 0 Å². The summed E-state index contributed by atoms with van der Waals surface area (Å²) in [6.45, 7) is 3.54. The molecule has 0 bridgehead atoms. The second-order valence-electron chi connectivity index (χ2n) is 8.23. The first kappa shape index (κ1) is 22.1. The van der Waals surface area contributed by atoms with Crippen LogP contribution in [0.1, 0.15) is 48.7 Å². The number of aryl methyl sites for hydroxylation is 1. The largest absolute Gasteiger partial charge is 0.507 e. The number of piperidine rings is 1. The van der Waals surface area contributed by atoms with Crippen LogP contribution in [0.3, 0.4) is 0 Å². The molecule has 3 heterocycles. The number of pyridine rings is 1. The SMILES string of the molecule is Cc1cc(C(F)(F)F)cc(O)c1-c1ccc2c([C@H](C)O)n([C@H]3CCC(=O)N(C)C3)nc2n1. The number of hydrogen-bond acceptors (Lipinski definition) is 5. The number of hydrogen-bond donors (Lipinski definition) is 2. The summed E-state index contributed by atoms with van der Waals surface area (Å²) in [7, 11) is 1.71. The molecule has 0 saturated carbocycles. The van der Waals surface area contributed by atoms with Gasteiger partial charge in [-0.3, -0.25) is 9.48 Å². The van der Waals surface area contributed by atoms with Crippen LogP contribution in [0.25, 0.3) is 22.3 Å². The Bertz CT molecular complexity index is 1180. The van der Waals surface area contributed by atoms with Crippen molar-refractivity contribution >= 4 is 16.9 Å². The Morgan fingerprint density at radius 2 is 1.97 bits per heavy atom. The van der Waals surface area contributed by atoms with Crippen molar-refractivity contribution in [2.24, 2.45) is 0 Å². The molecule has 1 aromatic carbocycles. The molecule has 1 fully saturated rings. The van der Waals surface area contributed by atoms with Crippen molar-refractivity contribution in [3.05, 3.63) is 41.1 Å². The number of phenolic OH excluding ortho intramolecular Hbond substituents is 1. The van der Waals surface area contributed by atoms with Crippen molar-refractivity contribution in [3.63, 3.8) is 0 Å².